The lowest BCUT2D eigenvalue weighted by Crippen LogP contribution is -2.38. The maximum atomic E-state index is 12.9. The zero-order valence-electron chi connectivity index (χ0n) is 17.5. The van der Waals surface area contributed by atoms with E-state index in [1.165, 1.54) is 0 Å². The molecule has 5 rings (SSSR count). The van der Waals surface area contributed by atoms with Crippen LogP contribution in [0.2, 0.25) is 0 Å². The van der Waals surface area contributed by atoms with Gasteiger partial charge in [0.25, 0.3) is 0 Å². The number of alkyl halides is 2. The maximum absolute atomic E-state index is 12.9. The molecule has 2 saturated carbocycles. The Hall–Kier alpha value is -2.32. The van der Waals surface area contributed by atoms with Gasteiger partial charge in [-0.25, -0.2) is 0 Å². The smallest absolute Gasteiger partial charge is 0.326 e. The average molecular weight is 575 g/mol. The molecule has 3 fully saturated rings. The number of amides is 2. The van der Waals surface area contributed by atoms with E-state index < -0.39 is 19.1 Å². The van der Waals surface area contributed by atoms with Crippen molar-refractivity contribution in [2.75, 3.05) is 13.2 Å². The van der Waals surface area contributed by atoms with Crippen LogP contribution in [0.4, 0.5) is 0 Å². The number of hydrogen-bond acceptors (Lipinski definition) is 5. The van der Waals surface area contributed by atoms with E-state index in [-0.39, 0.29) is 50.9 Å². The van der Waals surface area contributed by atoms with E-state index in [0.29, 0.717) is 5.56 Å². The summed E-state index contributed by atoms with van der Waals surface area (Å²) < 4.78 is 5.11. The fourth-order valence-electron chi connectivity index (χ4n) is 5.45. The summed E-state index contributed by atoms with van der Waals surface area (Å²) in [7, 11) is 0. The van der Waals surface area contributed by atoms with Crippen LogP contribution in [0.1, 0.15) is 16.8 Å². The van der Waals surface area contributed by atoms with E-state index in [1.54, 1.807) is 12.1 Å². The van der Waals surface area contributed by atoms with Gasteiger partial charge < -0.3 is 4.74 Å². The second-order valence-electron chi connectivity index (χ2n) is 8.79. The third-order valence-corrected chi connectivity index (χ3v) is 10.3. The Balaban J connectivity index is 1.17. The van der Waals surface area contributed by atoms with Gasteiger partial charge >= 0.3 is 5.97 Å². The predicted octanol–water partition coefficient (Wildman–Crippen LogP) is 3.86. The molecule has 6 atom stereocenters. The van der Waals surface area contributed by atoms with E-state index in [4.69, 9.17) is 4.74 Å². The predicted molar refractivity (Wildman–Crippen MR) is 128 cm³/mol. The molecule has 2 aliphatic carbocycles. The molecule has 0 aromatic heterocycles. The molecule has 33 heavy (non-hydrogen) atoms. The maximum Gasteiger partial charge on any atom is 0.326 e. The highest BCUT2D eigenvalue weighted by atomic mass is 79.9. The minimum Gasteiger partial charge on any atom is -0.456 e. The van der Waals surface area contributed by atoms with Crippen molar-refractivity contribution < 1.29 is 23.9 Å². The number of carbonyl (C=O) groups excluding carboxylic acids is 4. The van der Waals surface area contributed by atoms with Crippen LogP contribution in [0.25, 0.3) is 11.1 Å². The highest BCUT2D eigenvalue weighted by molar-refractivity contribution is 9.12. The van der Waals surface area contributed by atoms with Crippen molar-refractivity contribution in [3.8, 4) is 11.1 Å². The van der Waals surface area contributed by atoms with Gasteiger partial charge in [-0.1, -0.05) is 86.5 Å². The third kappa shape index (κ3) is 3.87. The molecule has 3 aliphatic rings. The molecule has 1 aliphatic heterocycles. The lowest BCUT2D eigenvalue weighted by molar-refractivity contribution is -0.152. The Morgan fingerprint density at radius 2 is 1.39 bits per heavy atom. The number of benzene rings is 2. The van der Waals surface area contributed by atoms with Gasteiger partial charge in [-0.05, 0) is 29.4 Å². The van der Waals surface area contributed by atoms with Gasteiger partial charge in [0.1, 0.15) is 6.54 Å². The molecule has 1 saturated heterocycles. The molecule has 0 spiro atoms. The Bertz CT molecular complexity index is 1090. The van der Waals surface area contributed by atoms with Gasteiger partial charge in [-0.2, -0.15) is 0 Å². The number of Topliss-reactive ketones (excluding diaryl/α,β-unsaturated/α-hetero) is 1. The minimum absolute atomic E-state index is 0.0854. The largest absolute Gasteiger partial charge is 0.456 e. The number of hydrogen-bond donors (Lipinski definition) is 0. The summed E-state index contributed by atoms with van der Waals surface area (Å²) in [5, 5.41) is 0. The summed E-state index contributed by atoms with van der Waals surface area (Å²) in [5.41, 5.74) is 2.44. The van der Waals surface area contributed by atoms with Crippen molar-refractivity contribution in [3.05, 3.63) is 60.2 Å². The van der Waals surface area contributed by atoms with Gasteiger partial charge in [-0.3, -0.25) is 24.1 Å². The number of rotatable bonds is 6. The van der Waals surface area contributed by atoms with Crippen LogP contribution >= 0.6 is 31.9 Å². The number of halogens is 2. The van der Waals surface area contributed by atoms with Crippen LogP contribution in [0.3, 0.4) is 0 Å². The topological polar surface area (TPSA) is 80.8 Å². The van der Waals surface area contributed by atoms with Crippen LogP contribution in [0, 0.1) is 23.7 Å². The monoisotopic (exact) mass is 573 g/mol. The Morgan fingerprint density at radius 1 is 0.848 bits per heavy atom. The molecular weight excluding hydrogens is 554 g/mol. The van der Waals surface area contributed by atoms with Crippen molar-refractivity contribution in [2.24, 2.45) is 23.7 Å². The van der Waals surface area contributed by atoms with E-state index in [2.05, 4.69) is 31.9 Å². The van der Waals surface area contributed by atoms with E-state index in [0.717, 1.165) is 22.4 Å². The minimum atomic E-state index is -0.760. The lowest BCUT2D eigenvalue weighted by Gasteiger charge is -2.28. The second-order valence-corrected chi connectivity index (χ2v) is 10.9. The van der Waals surface area contributed by atoms with Crippen molar-refractivity contribution in [3.63, 3.8) is 0 Å². The second kappa shape index (κ2) is 8.80. The van der Waals surface area contributed by atoms with Crippen LogP contribution in [0.15, 0.2) is 54.6 Å². The first kappa shape index (κ1) is 22.5. The number of imide groups is 1. The van der Waals surface area contributed by atoms with Crippen LogP contribution < -0.4 is 0 Å². The number of carbonyl (C=O) groups is 4. The molecule has 170 valence electrons. The molecular formula is C25H21Br2NO5. The normalized spacial score (nSPS) is 29.9. The van der Waals surface area contributed by atoms with Crippen molar-refractivity contribution in [1.29, 1.82) is 0 Å². The molecule has 8 heteroatoms. The molecule has 0 unspecified atom stereocenters. The van der Waals surface area contributed by atoms with E-state index in [9.17, 15) is 19.2 Å². The first-order valence-electron chi connectivity index (χ1n) is 10.8. The number of ether oxygens (including phenoxy) is 1. The Kier molecular flexibility index (Phi) is 5.99. The van der Waals surface area contributed by atoms with E-state index >= 15 is 0 Å². The Morgan fingerprint density at radius 3 is 1.97 bits per heavy atom. The quantitative estimate of drug-likeness (QED) is 0.226. The Labute approximate surface area is 207 Å². The summed E-state index contributed by atoms with van der Waals surface area (Å²) in [6.07, 6.45) is 0.828. The SMILES string of the molecule is O=C(CN1C(=O)[C@H]2[C@@H]3C[C@@H]([C@@H](Br)[C@H]3Br)[C@@H]2C1=O)OCC(=O)c1ccc(-c2ccccc2)cc1. The van der Waals surface area contributed by atoms with Crippen molar-refractivity contribution in [1.82, 2.24) is 4.90 Å². The molecule has 0 N–H and O–H groups in total. The van der Waals surface area contributed by atoms with Gasteiger partial charge in [0.05, 0.1) is 11.8 Å². The summed E-state index contributed by atoms with van der Waals surface area (Å²) in [6.45, 7) is -0.894. The first-order chi connectivity index (χ1) is 15.9. The van der Waals surface area contributed by atoms with Gasteiger partial charge in [0, 0.05) is 15.2 Å². The molecule has 2 amide bonds. The molecule has 2 bridgehead atoms. The van der Waals surface area contributed by atoms with Crippen LogP contribution in [-0.4, -0.2) is 51.3 Å². The molecule has 0 radical (unpaired) electrons. The number of nitrogens with zero attached hydrogens (tertiary/aromatic N) is 1. The zero-order chi connectivity index (χ0) is 23.3. The van der Waals surface area contributed by atoms with Gasteiger partial charge in [0.15, 0.2) is 12.4 Å². The lowest BCUT2D eigenvalue weighted by atomic mass is 9.81. The zero-order valence-corrected chi connectivity index (χ0v) is 20.7. The summed E-state index contributed by atoms with van der Waals surface area (Å²) in [5.74, 6) is -2.30. The number of likely N-dealkylation sites (tertiary alicyclic amines) is 1. The average Bonchev–Trinajstić information content (AvgIpc) is 3.44. The summed E-state index contributed by atoms with van der Waals surface area (Å²) in [6, 6.07) is 16.8. The van der Waals surface area contributed by atoms with Gasteiger partial charge in [0.2, 0.25) is 11.8 Å². The first-order valence-corrected chi connectivity index (χ1v) is 12.7. The third-order valence-electron chi connectivity index (χ3n) is 7.04. The summed E-state index contributed by atoms with van der Waals surface area (Å²) in [4.78, 5) is 51.9. The molecule has 2 aromatic carbocycles. The number of ketones is 1. The summed E-state index contributed by atoms with van der Waals surface area (Å²) >= 11 is 7.28. The van der Waals surface area contributed by atoms with Crippen LogP contribution in [-0.2, 0) is 19.1 Å². The number of fused-ring (bicyclic) bond motifs is 5. The highest BCUT2D eigenvalue weighted by Gasteiger charge is 2.66. The molecule has 1 heterocycles. The fourth-order valence-corrected chi connectivity index (χ4v) is 7.32. The molecule has 2 aromatic rings. The number of esters is 1. The van der Waals surface area contributed by atoms with Crippen molar-refractivity contribution >= 4 is 55.4 Å². The van der Waals surface area contributed by atoms with Crippen molar-refractivity contribution in [2.45, 2.75) is 16.1 Å². The fraction of sp³-hybridized carbons (Fsp3) is 0.360. The molecule has 6 nitrogen and oxygen atoms in total. The van der Waals surface area contributed by atoms with E-state index in [1.807, 2.05) is 42.5 Å². The standard InChI is InChI=1S/C25H21Br2NO5/c26-22-16-10-17(23(22)27)21-20(16)24(31)28(25(21)32)11-19(30)33-12-18(29)15-8-6-14(7-9-15)13-4-2-1-3-5-13/h1-9,16-17,20-23H,10-12H2/t16-,17+,20-,21-,22-,23+/m0/s1. The van der Waals surface area contributed by atoms with Crippen LogP contribution in [0.5, 0.6) is 0 Å². The van der Waals surface area contributed by atoms with Gasteiger partial charge in [-0.15, -0.1) is 0 Å². The highest BCUT2D eigenvalue weighted by Crippen LogP contribution is 2.60.